The van der Waals surface area contributed by atoms with E-state index in [1.54, 1.807) is 5.57 Å². The molecule has 0 nitrogen and oxygen atoms in total. The van der Waals surface area contributed by atoms with Gasteiger partial charge in [-0.2, -0.15) is 0 Å². The third kappa shape index (κ3) is 44.6. The average Bonchev–Trinajstić information content (AvgIpc) is 3.36. The van der Waals surface area contributed by atoms with Gasteiger partial charge in [0.1, 0.15) is 0 Å². The highest BCUT2D eigenvalue weighted by atomic mass is 14.3. The minimum atomic E-state index is 0.290. The second kappa shape index (κ2) is 45.5. The third-order valence-electron chi connectivity index (χ3n) is 13.4. The quantitative estimate of drug-likeness (QED) is 0.0497. The predicted molar refractivity (Wildman–Crippen MR) is 369 cm³/mol. The van der Waals surface area contributed by atoms with Crippen molar-refractivity contribution < 1.29 is 0 Å². The smallest absolute Gasteiger partial charge is 0.0104 e. The Kier molecular flexibility index (Phi) is 41.9. The van der Waals surface area contributed by atoms with Crippen LogP contribution in [0.15, 0.2) is 284 Å². The van der Waals surface area contributed by atoms with E-state index >= 15 is 0 Å². The van der Waals surface area contributed by atoms with Gasteiger partial charge in [0.2, 0.25) is 0 Å². The first-order valence-electron chi connectivity index (χ1n) is 29.9. The van der Waals surface area contributed by atoms with Crippen LogP contribution in [0.25, 0.3) is 0 Å². The molecule has 0 N–H and O–H groups in total. The molecule has 0 saturated heterocycles. The van der Waals surface area contributed by atoms with Gasteiger partial charge >= 0.3 is 0 Å². The largest absolute Gasteiger partial charge is 0.0856 e. The summed E-state index contributed by atoms with van der Waals surface area (Å²) in [7, 11) is 0. The molecule has 1 aliphatic carbocycles. The second-order valence-electron chi connectivity index (χ2n) is 23.7. The van der Waals surface area contributed by atoms with Crippen molar-refractivity contribution in [2.75, 3.05) is 0 Å². The fourth-order valence-electron chi connectivity index (χ4n) is 8.25. The van der Waals surface area contributed by atoms with Crippen LogP contribution in [0.2, 0.25) is 0 Å². The molecule has 0 radical (unpaired) electrons. The monoisotopic (exact) mass is 1070 g/mol. The van der Waals surface area contributed by atoms with Crippen LogP contribution in [0.5, 0.6) is 0 Å². The first kappa shape index (κ1) is 73.8. The summed E-state index contributed by atoms with van der Waals surface area (Å²) in [6.07, 6.45) is 82.7. The Morgan fingerprint density at radius 1 is 0.325 bits per heavy atom. The molecule has 1 aliphatic rings. The van der Waals surface area contributed by atoms with Gasteiger partial charge in [0.25, 0.3) is 0 Å². The lowest BCUT2D eigenvalue weighted by Crippen LogP contribution is -2.19. The number of rotatable bonds is 30. The Morgan fingerprint density at radius 3 is 0.887 bits per heavy atom. The summed E-state index contributed by atoms with van der Waals surface area (Å²) in [5, 5.41) is 0. The molecule has 0 atom stereocenters. The molecule has 0 fully saturated rings. The second-order valence-corrected chi connectivity index (χ2v) is 23.7. The summed E-state index contributed by atoms with van der Waals surface area (Å²) in [5.41, 5.74) is 21.9. The van der Waals surface area contributed by atoms with Gasteiger partial charge in [0.15, 0.2) is 0 Å². The first-order chi connectivity index (χ1) is 37.9. The van der Waals surface area contributed by atoms with Gasteiger partial charge in [-0.05, 0) is 206 Å². The van der Waals surface area contributed by atoms with Gasteiger partial charge in [-0.3, -0.25) is 0 Å². The van der Waals surface area contributed by atoms with Gasteiger partial charge in [0.05, 0.1) is 0 Å². The molecule has 0 amide bonds. The van der Waals surface area contributed by atoms with Gasteiger partial charge in [-0.15, -0.1) is 0 Å². The lowest BCUT2D eigenvalue weighted by molar-refractivity contribution is 0.377. The van der Waals surface area contributed by atoms with Crippen LogP contribution in [0.1, 0.15) is 209 Å². The molecule has 0 heteroatoms. The van der Waals surface area contributed by atoms with E-state index in [1.807, 2.05) is 0 Å². The SMILES string of the molecule is CC(C)=CCC/C(C)=C/C=C/C(C)=C/C=C/C(C)=C/C=C/C=C(C)/C=C/C=C(C)/C=C/C1=C(C)CCCC1(C)C.CC(C)=CCC/C(C)=C/C=C/C(C)=C/C=C/C(C)=C/C=C/C=C(C)/C=C/C=C(\C)CC/C=C(\C)CCC=C(C)C. The predicted octanol–water partition coefficient (Wildman–Crippen LogP) is 25.9. The zero-order valence-corrected chi connectivity index (χ0v) is 54.8. The fourth-order valence-corrected chi connectivity index (χ4v) is 8.25. The maximum absolute atomic E-state index is 2.39. The van der Waals surface area contributed by atoms with E-state index in [2.05, 4.69) is 333 Å². The highest BCUT2D eigenvalue weighted by Crippen LogP contribution is 2.40. The minimum Gasteiger partial charge on any atom is -0.0856 e. The first-order valence-corrected chi connectivity index (χ1v) is 29.9. The van der Waals surface area contributed by atoms with Gasteiger partial charge in [-0.1, -0.05) is 292 Å². The van der Waals surface area contributed by atoms with Gasteiger partial charge in [0, 0.05) is 0 Å². The maximum atomic E-state index is 2.39. The van der Waals surface area contributed by atoms with E-state index in [4.69, 9.17) is 0 Å². The van der Waals surface area contributed by atoms with Crippen molar-refractivity contribution in [3.05, 3.63) is 284 Å². The molecule has 0 aliphatic heterocycles. The van der Waals surface area contributed by atoms with E-state index in [-0.39, 0.29) is 5.41 Å². The number of allylic oxidation sites excluding steroid dienone is 48. The highest BCUT2D eigenvalue weighted by molar-refractivity contribution is 5.38. The Hall–Kier alpha value is -6.24. The molecule has 0 spiro atoms. The summed E-state index contributed by atoms with van der Waals surface area (Å²) < 4.78 is 0. The Labute approximate surface area is 495 Å². The van der Waals surface area contributed by atoms with E-state index in [0.29, 0.717) is 0 Å². The highest BCUT2D eigenvalue weighted by Gasteiger charge is 2.26. The van der Waals surface area contributed by atoms with Crippen molar-refractivity contribution in [3.63, 3.8) is 0 Å². The Bertz CT molecular complexity index is 2640. The standard InChI is InChI=1S/C40H56.C40H58/c1-32(2)18-13-21-35(5)24-15-26-36(6)25-14-22-33(3)19-11-12-20-34(4)23-16-27-37(7)29-30-39-38(8)28-17-31-40(39,9)10;1-33(2)19-13-23-37(7)27-17-31-39(9)29-15-25-35(5)21-11-12-22-36(6)26-16-30-40(10)32-18-28-38(8)24-14-20-34(3)4/h11-12,14-16,18-20,22-27,29-30H,13,17,21,28,31H2,1-10H3;11-12,15-17,19-22,25-31H,13-14,18,23-24,32H2,1-10H3/b12-11+,22-14+,23-16+,26-15+,30-29+,33-19+,34-20+,35-24+,36-25+,37-27+;12-11+,25-15+,26-16+,31-17+,35-21+,36-22+,37-27+,38-28+,39-29+,40-30+. The van der Waals surface area contributed by atoms with Crippen molar-refractivity contribution in [2.24, 2.45) is 5.41 Å². The summed E-state index contributed by atoms with van der Waals surface area (Å²) in [6, 6.07) is 0. The molecule has 0 saturated carbocycles. The molecule has 434 valence electrons. The van der Waals surface area contributed by atoms with Crippen LogP contribution in [-0.4, -0.2) is 0 Å². The Morgan fingerprint density at radius 2 is 0.588 bits per heavy atom. The third-order valence-corrected chi connectivity index (χ3v) is 13.4. The number of hydrogen-bond donors (Lipinski definition) is 0. The zero-order valence-electron chi connectivity index (χ0n) is 54.8. The normalized spacial score (nSPS) is 16.7. The summed E-state index contributed by atoms with van der Waals surface area (Å²) in [6.45, 7) is 43.8. The van der Waals surface area contributed by atoms with Crippen molar-refractivity contribution in [1.29, 1.82) is 0 Å². The number of hydrogen-bond acceptors (Lipinski definition) is 0. The van der Waals surface area contributed by atoms with Crippen LogP contribution in [0, 0.1) is 5.41 Å². The summed E-state index contributed by atoms with van der Waals surface area (Å²) >= 11 is 0. The fraction of sp³-hybridized carbons (Fsp3) is 0.400. The Balaban J connectivity index is 0.00000156. The molecule has 0 aromatic heterocycles. The van der Waals surface area contributed by atoms with Crippen LogP contribution >= 0.6 is 0 Å². The van der Waals surface area contributed by atoms with E-state index < -0.39 is 0 Å². The van der Waals surface area contributed by atoms with Crippen LogP contribution in [0.4, 0.5) is 0 Å². The van der Waals surface area contributed by atoms with Crippen LogP contribution in [0.3, 0.4) is 0 Å². The van der Waals surface area contributed by atoms with Crippen LogP contribution < -0.4 is 0 Å². The summed E-state index contributed by atoms with van der Waals surface area (Å²) in [5.74, 6) is 0. The van der Waals surface area contributed by atoms with E-state index in [9.17, 15) is 0 Å². The molecule has 80 heavy (non-hydrogen) atoms. The molecular formula is C80H114. The van der Waals surface area contributed by atoms with Gasteiger partial charge in [-0.25, -0.2) is 0 Å². The molecule has 0 bridgehead atoms. The van der Waals surface area contributed by atoms with Crippen molar-refractivity contribution in [1.82, 2.24) is 0 Å². The van der Waals surface area contributed by atoms with E-state index in [1.165, 1.54) is 109 Å². The van der Waals surface area contributed by atoms with Crippen molar-refractivity contribution in [3.8, 4) is 0 Å². The molecule has 0 aromatic rings. The maximum Gasteiger partial charge on any atom is -0.0104 e. The molecule has 0 aromatic carbocycles. The summed E-state index contributed by atoms with van der Waals surface area (Å²) in [4.78, 5) is 0. The zero-order chi connectivity index (χ0) is 60.1. The molecule has 0 heterocycles. The van der Waals surface area contributed by atoms with Crippen molar-refractivity contribution >= 4 is 0 Å². The van der Waals surface area contributed by atoms with Crippen molar-refractivity contribution in [2.45, 2.75) is 209 Å². The molecule has 0 unspecified atom stereocenters. The van der Waals surface area contributed by atoms with Gasteiger partial charge < -0.3 is 0 Å². The average molecular weight is 1080 g/mol. The molecular weight excluding hydrogens is 961 g/mol. The van der Waals surface area contributed by atoms with E-state index in [0.717, 1.165) is 44.9 Å². The lowest BCUT2D eigenvalue weighted by atomic mass is 9.72. The molecule has 1 rings (SSSR count). The minimum absolute atomic E-state index is 0.290. The lowest BCUT2D eigenvalue weighted by Gasteiger charge is -2.32. The topological polar surface area (TPSA) is 0 Å². The van der Waals surface area contributed by atoms with Crippen LogP contribution in [-0.2, 0) is 0 Å².